The average Bonchev–Trinajstić information content (AvgIpc) is 2.95. The van der Waals surface area contributed by atoms with E-state index in [4.69, 9.17) is 4.42 Å². The molecule has 116 valence electrons. The van der Waals surface area contributed by atoms with Gasteiger partial charge in [-0.05, 0) is 30.3 Å². The number of aromatic nitrogens is 1. The van der Waals surface area contributed by atoms with Crippen molar-refractivity contribution in [2.45, 2.75) is 0 Å². The third-order valence-electron chi connectivity index (χ3n) is 3.29. The van der Waals surface area contributed by atoms with E-state index in [-0.39, 0.29) is 5.78 Å². The lowest BCUT2D eigenvalue weighted by Crippen LogP contribution is -2.03. The number of nitrogens with zero attached hydrogens (tertiary/aromatic N) is 2. The van der Waals surface area contributed by atoms with Gasteiger partial charge in [-0.25, -0.2) is 4.98 Å². The average molecular weight is 371 g/mol. The molecule has 0 N–H and O–H groups in total. The summed E-state index contributed by atoms with van der Waals surface area (Å²) >= 11 is 3.42. The van der Waals surface area contributed by atoms with Gasteiger partial charge in [0, 0.05) is 42.0 Å². The second kappa shape index (κ2) is 6.38. The molecule has 4 nitrogen and oxygen atoms in total. The van der Waals surface area contributed by atoms with Crippen LogP contribution in [0.25, 0.3) is 22.6 Å². The highest BCUT2D eigenvalue weighted by Gasteiger charge is 2.09. The van der Waals surface area contributed by atoms with Gasteiger partial charge in [-0.2, -0.15) is 0 Å². The van der Waals surface area contributed by atoms with E-state index in [9.17, 15) is 4.79 Å². The zero-order chi connectivity index (χ0) is 16.4. The van der Waals surface area contributed by atoms with Gasteiger partial charge in [-0.3, -0.25) is 4.79 Å². The molecule has 2 aromatic carbocycles. The van der Waals surface area contributed by atoms with E-state index < -0.39 is 0 Å². The lowest BCUT2D eigenvalue weighted by atomic mass is 10.1. The number of ketones is 1. The molecule has 0 spiro atoms. The fourth-order valence-corrected chi connectivity index (χ4v) is 2.46. The minimum Gasteiger partial charge on any atom is -0.436 e. The molecule has 0 saturated carbocycles. The van der Waals surface area contributed by atoms with Crippen molar-refractivity contribution in [2.24, 2.45) is 0 Å². The van der Waals surface area contributed by atoms with Gasteiger partial charge in [-0.1, -0.05) is 28.1 Å². The lowest BCUT2D eigenvalue weighted by Gasteiger charge is -2.03. The van der Waals surface area contributed by atoms with Gasteiger partial charge in [0.2, 0.25) is 5.89 Å². The molecule has 5 heteroatoms. The predicted octanol–water partition coefficient (Wildman–Crippen LogP) is 4.52. The Labute approximate surface area is 142 Å². The van der Waals surface area contributed by atoms with E-state index in [1.54, 1.807) is 24.4 Å². The summed E-state index contributed by atoms with van der Waals surface area (Å²) in [7, 11) is 3.75. The highest BCUT2D eigenvalue weighted by atomic mass is 79.9. The Hall–Kier alpha value is -2.40. The molecule has 0 aliphatic carbocycles. The minimum absolute atomic E-state index is 0.0354. The summed E-state index contributed by atoms with van der Waals surface area (Å²) < 4.78 is 6.71. The van der Waals surface area contributed by atoms with Crippen LogP contribution in [0.3, 0.4) is 0 Å². The van der Waals surface area contributed by atoms with Crippen molar-refractivity contribution < 1.29 is 9.21 Å². The van der Waals surface area contributed by atoms with Gasteiger partial charge in [0.1, 0.15) is 5.52 Å². The highest BCUT2D eigenvalue weighted by molar-refractivity contribution is 9.10. The molecule has 1 aromatic heterocycles. The maximum atomic E-state index is 12.0. The quantitative estimate of drug-likeness (QED) is 0.500. The fraction of sp³-hybridized carbons (Fsp3) is 0.111. The number of fused-ring (bicyclic) bond motifs is 1. The van der Waals surface area contributed by atoms with Crippen LogP contribution in [0.1, 0.15) is 10.4 Å². The second-order valence-electron chi connectivity index (χ2n) is 5.35. The van der Waals surface area contributed by atoms with Crippen LogP contribution in [0, 0.1) is 0 Å². The van der Waals surface area contributed by atoms with E-state index in [2.05, 4.69) is 20.9 Å². The number of oxazole rings is 1. The summed E-state index contributed by atoms with van der Waals surface area (Å²) in [4.78, 5) is 18.3. The number of rotatable bonds is 4. The Kier molecular flexibility index (Phi) is 4.30. The zero-order valence-corrected chi connectivity index (χ0v) is 14.4. The van der Waals surface area contributed by atoms with Crippen LogP contribution in [0.15, 0.2) is 63.6 Å². The van der Waals surface area contributed by atoms with E-state index in [1.807, 2.05) is 49.3 Å². The first-order chi connectivity index (χ1) is 11.0. The number of carbonyl (C=O) groups is 1. The van der Waals surface area contributed by atoms with Crippen molar-refractivity contribution in [3.63, 3.8) is 0 Å². The number of hydrogen-bond acceptors (Lipinski definition) is 4. The normalized spacial score (nSPS) is 11.3. The van der Waals surface area contributed by atoms with Gasteiger partial charge >= 0.3 is 0 Å². The molecule has 0 radical (unpaired) electrons. The van der Waals surface area contributed by atoms with E-state index in [1.165, 1.54) is 0 Å². The molecule has 0 atom stereocenters. The summed E-state index contributed by atoms with van der Waals surface area (Å²) in [6.45, 7) is 0. The van der Waals surface area contributed by atoms with Crippen molar-refractivity contribution in [2.75, 3.05) is 14.1 Å². The first kappa shape index (κ1) is 15.5. The topological polar surface area (TPSA) is 46.3 Å². The number of benzene rings is 2. The van der Waals surface area contributed by atoms with Gasteiger partial charge in [0.25, 0.3) is 0 Å². The Morgan fingerprint density at radius 3 is 2.61 bits per heavy atom. The molecule has 0 fully saturated rings. The minimum atomic E-state index is -0.0354. The molecule has 1 heterocycles. The third-order valence-corrected chi connectivity index (χ3v) is 3.78. The first-order valence-corrected chi connectivity index (χ1v) is 7.88. The summed E-state index contributed by atoms with van der Waals surface area (Å²) in [5.41, 5.74) is 3.00. The van der Waals surface area contributed by atoms with Crippen molar-refractivity contribution in [1.82, 2.24) is 9.88 Å². The van der Waals surface area contributed by atoms with Crippen LogP contribution >= 0.6 is 15.9 Å². The summed E-state index contributed by atoms with van der Waals surface area (Å²) in [6, 6.07) is 12.9. The molecule has 0 amide bonds. The van der Waals surface area contributed by atoms with Crippen molar-refractivity contribution in [3.8, 4) is 11.5 Å². The third kappa shape index (κ3) is 3.51. The molecule has 23 heavy (non-hydrogen) atoms. The number of allylic oxidation sites excluding steroid dienone is 1. The van der Waals surface area contributed by atoms with Crippen molar-refractivity contribution in [3.05, 3.63) is 64.8 Å². The van der Waals surface area contributed by atoms with Crippen LogP contribution in [-0.4, -0.2) is 29.8 Å². The van der Waals surface area contributed by atoms with E-state index in [0.29, 0.717) is 11.5 Å². The molecule has 3 rings (SSSR count). The molecule has 0 unspecified atom stereocenters. The molecule has 0 aliphatic heterocycles. The molecule has 0 aliphatic rings. The first-order valence-electron chi connectivity index (χ1n) is 7.08. The van der Waals surface area contributed by atoms with E-state index in [0.717, 1.165) is 21.1 Å². The Bertz CT molecular complexity index is 880. The van der Waals surface area contributed by atoms with Crippen LogP contribution in [-0.2, 0) is 0 Å². The Morgan fingerprint density at radius 1 is 1.17 bits per heavy atom. The number of halogens is 1. The van der Waals surface area contributed by atoms with Crippen LogP contribution < -0.4 is 0 Å². The molecular weight excluding hydrogens is 356 g/mol. The van der Waals surface area contributed by atoms with E-state index >= 15 is 0 Å². The van der Waals surface area contributed by atoms with Gasteiger partial charge in [0.05, 0.1) is 0 Å². The molecule has 0 bridgehead atoms. The second-order valence-corrected chi connectivity index (χ2v) is 6.27. The van der Waals surface area contributed by atoms with Gasteiger partial charge < -0.3 is 9.32 Å². The van der Waals surface area contributed by atoms with Crippen LogP contribution in [0.4, 0.5) is 0 Å². The predicted molar refractivity (Wildman–Crippen MR) is 94.3 cm³/mol. The smallest absolute Gasteiger partial charge is 0.227 e. The zero-order valence-electron chi connectivity index (χ0n) is 12.8. The van der Waals surface area contributed by atoms with Crippen LogP contribution in [0.5, 0.6) is 0 Å². The van der Waals surface area contributed by atoms with Gasteiger partial charge in [-0.15, -0.1) is 0 Å². The molecular formula is C18H15BrN2O2. The summed E-state index contributed by atoms with van der Waals surface area (Å²) in [6.07, 6.45) is 3.28. The van der Waals surface area contributed by atoms with Gasteiger partial charge in [0.15, 0.2) is 11.4 Å². The SMILES string of the molecule is CN(C)C=CC(=O)c1ccc(-c2nc3cc(Br)ccc3o2)cc1. The van der Waals surface area contributed by atoms with Crippen LogP contribution in [0.2, 0.25) is 0 Å². The summed E-state index contributed by atoms with van der Waals surface area (Å²) in [5.74, 6) is 0.507. The highest BCUT2D eigenvalue weighted by Crippen LogP contribution is 2.26. The maximum Gasteiger partial charge on any atom is 0.227 e. The summed E-state index contributed by atoms with van der Waals surface area (Å²) in [5, 5.41) is 0. The Morgan fingerprint density at radius 2 is 1.91 bits per heavy atom. The van der Waals surface area contributed by atoms with Crippen molar-refractivity contribution >= 4 is 32.8 Å². The largest absolute Gasteiger partial charge is 0.436 e. The Balaban J connectivity index is 1.87. The number of hydrogen-bond donors (Lipinski definition) is 0. The monoisotopic (exact) mass is 370 g/mol. The lowest BCUT2D eigenvalue weighted by molar-refractivity contribution is 0.104. The fourth-order valence-electron chi connectivity index (χ4n) is 2.11. The number of carbonyl (C=O) groups excluding carboxylic acids is 1. The van der Waals surface area contributed by atoms with Crippen molar-refractivity contribution in [1.29, 1.82) is 0 Å². The standard InChI is InChI=1S/C18H15BrN2O2/c1-21(2)10-9-16(22)12-3-5-13(6-4-12)18-20-15-11-14(19)7-8-17(15)23-18/h3-11H,1-2H3. The maximum absolute atomic E-state index is 12.0. The molecule has 0 saturated heterocycles. The molecule has 3 aromatic rings.